The third-order valence-corrected chi connectivity index (χ3v) is 6.58. The zero-order valence-corrected chi connectivity index (χ0v) is 17.9. The number of fused-ring (bicyclic) bond motifs is 3. The van der Waals surface area contributed by atoms with E-state index in [2.05, 4.69) is 12.1 Å². The topological polar surface area (TPSA) is 29.5 Å². The number of halogens is 1. The summed E-state index contributed by atoms with van der Waals surface area (Å²) in [6.07, 6.45) is 0. The summed E-state index contributed by atoms with van der Waals surface area (Å²) in [6.45, 7) is 0. The molecule has 2 nitrogen and oxygen atoms in total. The predicted octanol–water partition coefficient (Wildman–Crippen LogP) is 7.55. The molecule has 0 aliphatic carbocycles. The van der Waals surface area contributed by atoms with Crippen LogP contribution in [0.2, 0.25) is 5.02 Å². The Morgan fingerprint density at radius 3 is 1.75 bits per heavy atom. The first-order valence-corrected chi connectivity index (χ1v) is 10.9. The number of hydrogen-bond acceptors (Lipinski definition) is 2. The molecular formula is C29H19ClO2. The smallest absolute Gasteiger partial charge is 0.148 e. The molecule has 0 aromatic heterocycles. The highest BCUT2D eigenvalue weighted by Gasteiger charge is 2.43. The van der Waals surface area contributed by atoms with E-state index in [0.29, 0.717) is 16.5 Å². The number of aliphatic hydroxyl groups is 1. The molecule has 0 atom stereocenters. The van der Waals surface area contributed by atoms with Gasteiger partial charge >= 0.3 is 0 Å². The lowest BCUT2D eigenvalue weighted by molar-refractivity contribution is 0.113. The molecule has 0 unspecified atom stereocenters. The van der Waals surface area contributed by atoms with E-state index >= 15 is 0 Å². The van der Waals surface area contributed by atoms with Crippen LogP contribution in [0.15, 0.2) is 109 Å². The fourth-order valence-corrected chi connectivity index (χ4v) is 5.02. The maximum Gasteiger partial charge on any atom is 0.148 e. The van der Waals surface area contributed by atoms with Gasteiger partial charge in [-0.1, -0.05) is 103 Å². The molecule has 1 N–H and O–H groups in total. The lowest BCUT2D eigenvalue weighted by Gasteiger charge is -2.37. The first-order valence-electron chi connectivity index (χ1n) is 10.5. The van der Waals surface area contributed by atoms with Crippen molar-refractivity contribution in [2.45, 2.75) is 5.60 Å². The van der Waals surface area contributed by atoms with Crippen molar-refractivity contribution >= 4 is 22.4 Å². The minimum absolute atomic E-state index is 0.657. The number of para-hydroxylation sites is 2. The molecule has 154 valence electrons. The molecule has 0 spiro atoms. The van der Waals surface area contributed by atoms with E-state index in [-0.39, 0.29) is 0 Å². The van der Waals surface area contributed by atoms with Crippen molar-refractivity contribution in [3.63, 3.8) is 0 Å². The maximum absolute atomic E-state index is 12.5. The summed E-state index contributed by atoms with van der Waals surface area (Å²) < 4.78 is 6.15. The highest BCUT2D eigenvalue weighted by Crippen LogP contribution is 2.52. The van der Waals surface area contributed by atoms with E-state index in [1.165, 1.54) is 0 Å². The Labute approximate surface area is 191 Å². The molecule has 5 aromatic rings. The van der Waals surface area contributed by atoms with Crippen LogP contribution in [0, 0.1) is 0 Å². The van der Waals surface area contributed by atoms with Gasteiger partial charge in [-0.25, -0.2) is 0 Å². The monoisotopic (exact) mass is 434 g/mol. The van der Waals surface area contributed by atoms with Gasteiger partial charge in [0.15, 0.2) is 0 Å². The minimum atomic E-state index is -1.37. The van der Waals surface area contributed by atoms with E-state index in [1.807, 2.05) is 97.1 Å². The van der Waals surface area contributed by atoms with E-state index in [4.69, 9.17) is 16.3 Å². The highest BCUT2D eigenvalue weighted by atomic mass is 35.5. The minimum Gasteiger partial charge on any atom is -0.457 e. The van der Waals surface area contributed by atoms with Crippen molar-refractivity contribution in [1.82, 2.24) is 0 Å². The second kappa shape index (κ2) is 7.23. The predicted molar refractivity (Wildman–Crippen MR) is 129 cm³/mol. The van der Waals surface area contributed by atoms with Crippen molar-refractivity contribution in [3.05, 3.63) is 131 Å². The second-order valence-corrected chi connectivity index (χ2v) is 8.40. The maximum atomic E-state index is 12.5. The molecule has 0 bridgehead atoms. The highest BCUT2D eigenvalue weighted by molar-refractivity contribution is 6.36. The Morgan fingerprint density at radius 1 is 0.531 bits per heavy atom. The van der Waals surface area contributed by atoms with E-state index < -0.39 is 5.60 Å². The van der Waals surface area contributed by atoms with Gasteiger partial charge in [-0.15, -0.1) is 0 Å². The summed E-state index contributed by atoms with van der Waals surface area (Å²) in [6, 6.07) is 35.5. The van der Waals surface area contributed by atoms with Gasteiger partial charge < -0.3 is 9.84 Å². The standard InChI is InChI=1S/C29H19ClO2/c30-26-18-17-20(19-9-1-2-11-22(19)26)21-10-3-4-12-23(21)29(31)24-13-5-7-15-27(24)32-28-16-8-6-14-25(28)29/h1-18,31H. The lowest BCUT2D eigenvalue weighted by atomic mass is 9.75. The third kappa shape index (κ3) is 2.70. The average Bonchev–Trinajstić information content (AvgIpc) is 2.85. The summed E-state index contributed by atoms with van der Waals surface area (Å²) in [7, 11) is 0. The Hall–Kier alpha value is -3.59. The molecule has 1 heterocycles. The van der Waals surface area contributed by atoms with Gasteiger partial charge in [0.25, 0.3) is 0 Å². The van der Waals surface area contributed by atoms with Crippen LogP contribution in [0.1, 0.15) is 16.7 Å². The Bertz CT molecular complexity index is 1440. The number of rotatable bonds is 2. The molecule has 5 aromatic carbocycles. The van der Waals surface area contributed by atoms with Gasteiger partial charge in [0.1, 0.15) is 17.1 Å². The number of ether oxygens (including phenoxy) is 1. The summed E-state index contributed by atoms with van der Waals surface area (Å²) in [5, 5.41) is 15.3. The molecule has 3 heteroatoms. The van der Waals surface area contributed by atoms with Crippen LogP contribution in [-0.4, -0.2) is 5.11 Å². The summed E-state index contributed by atoms with van der Waals surface area (Å²) in [5.41, 5.74) is 2.86. The van der Waals surface area contributed by atoms with Gasteiger partial charge in [0, 0.05) is 27.1 Å². The fourth-order valence-electron chi connectivity index (χ4n) is 4.79. The van der Waals surface area contributed by atoms with Crippen molar-refractivity contribution in [3.8, 4) is 22.6 Å². The zero-order valence-electron chi connectivity index (χ0n) is 17.1. The third-order valence-electron chi connectivity index (χ3n) is 6.25. The molecule has 32 heavy (non-hydrogen) atoms. The first kappa shape index (κ1) is 19.1. The molecule has 0 saturated heterocycles. The van der Waals surface area contributed by atoms with Crippen LogP contribution in [0.3, 0.4) is 0 Å². The number of hydrogen-bond donors (Lipinski definition) is 1. The van der Waals surface area contributed by atoms with Crippen molar-refractivity contribution in [2.24, 2.45) is 0 Å². The van der Waals surface area contributed by atoms with Gasteiger partial charge in [0.2, 0.25) is 0 Å². The van der Waals surface area contributed by atoms with Gasteiger partial charge in [-0.2, -0.15) is 0 Å². The zero-order chi connectivity index (χ0) is 21.7. The molecular weight excluding hydrogens is 416 g/mol. The van der Waals surface area contributed by atoms with Crippen LogP contribution < -0.4 is 4.74 Å². The molecule has 6 rings (SSSR count). The van der Waals surface area contributed by atoms with Crippen LogP contribution >= 0.6 is 11.6 Å². The van der Waals surface area contributed by atoms with Crippen LogP contribution in [-0.2, 0) is 5.60 Å². The van der Waals surface area contributed by atoms with E-state index in [0.717, 1.165) is 38.6 Å². The van der Waals surface area contributed by atoms with Gasteiger partial charge in [0.05, 0.1) is 0 Å². The van der Waals surface area contributed by atoms with Gasteiger partial charge in [-0.3, -0.25) is 0 Å². The molecule has 0 saturated carbocycles. The second-order valence-electron chi connectivity index (χ2n) is 7.99. The Balaban J connectivity index is 1.70. The number of benzene rings is 5. The van der Waals surface area contributed by atoms with E-state index in [1.54, 1.807) is 0 Å². The van der Waals surface area contributed by atoms with Gasteiger partial charge in [-0.05, 0) is 34.7 Å². The quantitative estimate of drug-likeness (QED) is 0.311. The molecule has 0 radical (unpaired) electrons. The fraction of sp³-hybridized carbons (Fsp3) is 0.0345. The van der Waals surface area contributed by atoms with Crippen LogP contribution in [0.5, 0.6) is 11.5 Å². The van der Waals surface area contributed by atoms with Crippen molar-refractivity contribution in [1.29, 1.82) is 0 Å². The van der Waals surface area contributed by atoms with Crippen molar-refractivity contribution < 1.29 is 9.84 Å². The molecule has 0 amide bonds. The lowest BCUT2D eigenvalue weighted by Crippen LogP contribution is -2.33. The summed E-state index contributed by atoms with van der Waals surface area (Å²) in [5.74, 6) is 1.31. The normalized spacial score (nSPS) is 13.8. The van der Waals surface area contributed by atoms with Crippen LogP contribution in [0.4, 0.5) is 0 Å². The van der Waals surface area contributed by atoms with Crippen molar-refractivity contribution in [2.75, 3.05) is 0 Å². The van der Waals surface area contributed by atoms with E-state index in [9.17, 15) is 5.11 Å². The molecule has 0 fully saturated rings. The molecule has 1 aliphatic rings. The van der Waals surface area contributed by atoms with Crippen LogP contribution in [0.25, 0.3) is 21.9 Å². The summed E-state index contributed by atoms with van der Waals surface area (Å²) in [4.78, 5) is 0. The largest absolute Gasteiger partial charge is 0.457 e. The summed E-state index contributed by atoms with van der Waals surface area (Å²) >= 11 is 6.50. The SMILES string of the molecule is OC1(c2ccccc2-c2ccc(Cl)c3ccccc23)c2ccccc2Oc2ccccc21. The average molecular weight is 435 g/mol. The Kier molecular flexibility index (Phi) is 4.32. The Morgan fingerprint density at radius 2 is 1.06 bits per heavy atom. The first-order chi connectivity index (χ1) is 15.7. The molecule has 1 aliphatic heterocycles.